The van der Waals surface area contributed by atoms with Crippen LogP contribution in [0.15, 0.2) is 83.6 Å². The smallest absolute Gasteiger partial charge is 0.289 e. The summed E-state index contributed by atoms with van der Waals surface area (Å²) in [5, 5.41) is -2.49. The minimum Gasteiger partial charge on any atom is -0.289 e. The summed E-state index contributed by atoms with van der Waals surface area (Å²) in [6.45, 7) is 0. The summed E-state index contributed by atoms with van der Waals surface area (Å²) in [5.74, 6) is 0. The second-order valence-electron chi connectivity index (χ2n) is 9.69. The molecule has 0 aliphatic rings. The van der Waals surface area contributed by atoms with Gasteiger partial charge >= 0.3 is 0 Å². The second-order valence-corrected chi connectivity index (χ2v) is 12.8. The van der Waals surface area contributed by atoms with E-state index in [1.54, 1.807) is 18.2 Å². The Hall–Kier alpha value is -4.73. The van der Waals surface area contributed by atoms with Gasteiger partial charge in [-0.25, -0.2) is 9.97 Å². The Balaban J connectivity index is 1.69. The average molecular weight is 635 g/mol. The highest BCUT2D eigenvalue weighted by Gasteiger charge is 2.31. The van der Waals surface area contributed by atoms with Gasteiger partial charge in [-0.3, -0.25) is 28.3 Å². The molecule has 0 unspecified atom stereocenters. The van der Waals surface area contributed by atoms with Crippen LogP contribution >= 0.6 is 11.6 Å². The molecule has 0 saturated heterocycles. The van der Waals surface area contributed by atoms with Crippen LogP contribution < -0.4 is 21.7 Å². The zero-order valence-electron chi connectivity index (χ0n) is 20.9. The van der Waals surface area contributed by atoms with Gasteiger partial charge in [0, 0.05) is 26.9 Å². The molecule has 1 aromatic heterocycles. The molecule has 12 nitrogen and oxygen atoms in total. The van der Waals surface area contributed by atoms with Gasteiger partial charge in [0.15, 0.2) is 21.7 Å². The lowest BCUT2D eigenvalue weighted by Gasteiger charge is -2.11. The maximum absolute atomic E-state index is 13.8. The number of nitrogens with zero attached hydrogens (tertiary/aromatic N) is 2. The van der Waals surface area contributed by atoms with Gasteiger partial charge in [0.1, 0.15) is 20.8 Å². The van der Waals surface area contributed by atoms with E-state index in [0.717, 1.165) is 0 Å². The zero-order valence-corrected chi connectivity index (χ0v) is 23.3. The first-order chi connectivity index (χ1) is 20.2. The van der Waals surface area contributed by atoms with Crippen molar-refractivity contribution in [1.29, 1.82) is 0 Å². The number of hydrogen-bond acceptors (Lipinski definition) is 10. The molecule has 7 rings (SSSR count). The molecule has 0 atom stereocenters. The van der Waals surface area contributed by atoms with Crippen LogP contribution in [0.25, 0.3) is 65.2 Å². The highest BCUT2D eigenvalue weighted by atomic mass is 35.5. The van der Waals surface area contributed by atoms with Crippen molar-refractivity contribution in [2.24, 2.45) is 0 Å². The van der Waals surface area contributed by atoms with Crippen molar-refractivity contribution in [2.45, 2.75) is 9.79 Å². The topological polar surface area (TPSA) is 203 Å². The van der Waals surface area contributed by atoms with Gasteiger partial charge in [-0.2, -0.15) is 16.8 Å². The molecule has 15 heteroatoms. The van der Waals surface area contributed by atoms with E-state index >= 15 is 0 Å². The van der Waals surface area contributed by atoms with E-state index < -0.39 is 62.1 Å². The lowest BCUT2D eigenvalue weighted by Crippen LogP contribution is -2.18. The third kappa shape index (κ3) is 3.68. The lowest BCUT2D eigenvalue weighted by molar-refractivity contribution is 0.467. The standard InChI is InChI=1S/C28H11ClN2O10S2/c29-21-18-14(9-17(42(36,37)38)28(21)43(39,40)41)27(35)20-13(26(18)34)6-8-16-23(20)31-15-7-5-12-19(22(15)30-16)25(33)11-4-2-1-3-10(11)24(12)32/h1-9H,(H,36,37,38)(H,39,40,41). The van der Waals surface area contributed by atoms with Crippen LogP contribution in [0.4, 0.5) is 0 Å². The van der Waals surface area contributed by atoms with Crippen LogP contribution in [0, 0.1) is 0 Å². The molecule has 0 aliphatic carbocycles. The van der Waals surface area contributed by atoms with E-state index in [4.69, 9.17) is 11.6 Å². The summed E-state index contributed by atoms with van der Waals surface area (Å²) in [6, 6.07) is 12.1. The highest BCUT2D eigenvalue weighted by Crippen LogP contribution is 2.35. The summed E-state index contributed by atoms with van der Waals surface area (Å²) >= 11 is 6.10. The number of rotatable bonds is 2. The van der Waals surface area contributed by atoms with Crippen molar-refractivity contribution in [2.75, 3.05) is 0 Å². The molecular formula is C28H11ClN2O10S2. The maximum Gasteiger partial charge on any atom is 0.297 e. The number of aromatic nitrogens is 2. The predicted molar refractivity (Wildman–Crippen MR) is 159 cm³/mol. The molecule has 2 N–H and O–H groups in total. The van der Waals surface area contributed by atoms with Crippen LogP contribution in [-0.4, -0.2) is 35.9 Å². The summed E-state index contributed by atoms with van der Waals surface area (Å²) in [6.07, 6.45) is 0. The molecule has 0 fully saturated rings. The van der Waals surface area contributed by atoms with Crippen molar-refractivity contribution in [3.63, 3.8) is 0 Å². The van der Waals surface area contributed by atoms with Crippen LogP contribution in [0.2, 0.25) is 5.02 Å². The minimum absolute atomic E-state index is 0.0170. The summed E-state index contributed by atoms with van der Waals surface area (Å²) in [4.78, 5) is 60.1. The number of halogens is 1. The number of fused-ring (bicyclic) bond motifs is 8. The van der Waals surface area contributed by atoms with Crippen molar-refractivity contribution < 1.29 is 25.9 Å². The second kappa shape index (κ2) is 8.65. The zero-order chi connectivity index (χ0) is 30.7. The molecule has 7 aromatic rings. The van der Waals surface area contributed by atoms with Crippen molar-refractivity contribution in [3.05, 3.63) is 101 Å². The minimum atomic E-state index is -5.40. The Bertz CT molecular complexity index is 2940. The maximum atomic E-state index is 13.8. The molecular weight excluding hydrogens is 624 g/mol. The monoisotopic (exact) mass is 634 g/mol. The summed E-state index contributed by atoms with van der Waals surface area (Å²) < 4.78 is 67.3. The fourth-order valence-corrected chi connectivity index (χ4v) is 8.03. The van der Waals surface area contributed by atoms with E-state index in [9.17, 15) is 45.1 Å². The first-order valence-corrected chi connectivity index (χ1v) is 15.3. The Morgan fingerprint density at radius 1 is 0.558 bits per heavy atom. The molecule has 1 heterocycles. The summed E-state index contributed by atoms with van der Waals surface area (Å²) in [5.41, 5.74) is -2.74. The normalized spacial score (nSPS) is 12.8. The van der Waals surface area contributed by atoms with Crippen molar-refractivity contribution in [3.8, 4) is 0 Å². The number of benzene rings is 6. The van der Waals surface area contributed by atoms with E-state index in [2.05, 4.69) is 9.97 Å². The molecule has 0 radical (unpaired) electrons. The Labute approximate surface area is 242 Å². The largest absolute Gasteiger partial charge is 0.297 e. The Morgan fingerprint density at radius 3 is 1.53 bits per heavy atom. The van der Waals surface area contributed by atoms with Gasteiger partial charge in [-0.15, -0.1) is 0 Å². The molecule has 0 amide bonds. The fraction of sp³-hybridized carbons (Fsp3) is 0. The van der Waals surface area contributed by atoms with Gasteiger partial charge < -0.3 is 0 Å². The van der Waals surface area contributed by atoms with Crippen LogP contribution in [0.1, 0.15) is 0 Å². The Kier molecular flexibility index (Phi) is 5.46. The van der Waals surface area contributed by atoms with Crippen LogP contribution in [0.5, 0.6) is 0 Å². The molecule has 0 aliphatic heterocycles. The van der Waals surface area contributed by atoms with Crippen LogP contribution in [0.3, 0.4) is 0 Å². The summed E-state index contributed by atoms with van der Waals surface area (Å²) in [7, 11) is -10.8. The highest BCUT2D eigenvalue weighted by molar-refractivity contribution is 7.89. The van der Waals surface area contributed by atoms with Crippen LogP contribution in [-0.2, 0) is 20.2 Å². The number of hydrogen-bond donors (Lipinski definition) is 2. The first-order valence-electron chi connectivity index (χ1n) is 12.1. The van der Waals surface area contributed by atoms with Crippen molar-refractivity contribution in [1.82, 2.24) is 9.97 Å². The lowest BCUT2D eigenvalue weighted by atomic mass is 9.99. The van der Waals surface area contributed by atoms with E-state index in [1.807, 2.05) is 0 Å². The van der Waals surface area contributed by atoms with Gasteiger partial charge in [0.05, 0.1) is 32.2 Å². The molecule has 0 bridgehead atoms. The van der Waals surface area contributed by atoms with E-state index in [1.165, 1.54) is 30.3 Å². The fourth-order valence-electron chi connectivity index (χ4n) is 5.52. The molecule has 0 saturated carbocycles. The molecule has 0 spiro atoms. The first kappa shape index (κ1) is 27.1. The quantitative estimate of drug-likeness (QED) is 0.160. The third-order valence-corrected chi connectivity index (χ3v) is 9.77. The van der Waals surface area contributed by atoms with E-state index in [0.29, 0.717) is 6.07 Å². The average Bonchev–Trinajstić information content (AvgIpc) is 2.95. The Morgan fingerprint density at radius 2 is 1.02 bits per heavy atom. The van der Waals surface area contributed by atoms with Gasteiger partial charge in [-0.1, -0.05) is 35.9 Å². The predicted octanol–water partition coefficient (Wildman–Crippen LogP) is 2.86. The third-order valence-electron chi connectivity index (χ3n) is 7.33. The van der Waals surface area contributed by atoms with Crippen molar-refractivity contribution >= 4 is 97.0 Å². The SMILES string of the molecule is O=c1c2ccccc2c(=O)c2c1ccc1nc3c(ccc4c(=O)c5c(Cl)c(S(=O)(=O)O)c(S(=O)(=O)O)cc5c(=O)c43)nc12. The van der Waals surface area contributed by atoms with E-state index in [-0.39, 0.29) is 59.8 Å². The van der Waals surface area contributed by atoms with Gasteiger partial charge in [-0.05, 0) is 30.3 Å². The molecule has 43 heavy (non-hydrogen) atoms. The van der Waals surface area contributed by atoms with Gasteiger partial charge in [0.2, 0.25) is 0 Å². The molecule has 212 valence electrons. The van der Waals surface area contributed by atoms with Gasteiger partial charge in [0.25, 0.3) is 20.2 Å². The molecule has 6 aromatic carbocycles.